The van der Waals surface area contributed by atoms with Gasteiger partial charge in [0.15, 0.2) is 0 Å². The standard InChI is InChI=1S/C14H17N/c15-10-9-12-5-4-8-14(11-12)13-6-2-1-3-7-13/h4-5,8,11,13H,1-3,6-7,9H2. The molecule has 0 saturated heterocycles. The highest BCUT2D eigenvalue weighted by molar-refractivity contribution is 5.28. The van der Waals surface area contributed by atoms with Crippen LogP contribution in [0.4, 0.5) is 0 Å². The van der Waals surface area contributed by atoms with Crippen molar-refractivity contribution in [2.75, 3.05) is 0 Å². The highest BCUT2D eigenvalue weighted by atomic mass is 14.2. The third-order valence-corrected chi connectivity index (χ3v) is 3.31. The Balaban J connectivity index is 2.13. The van der Waals surface area contributed by atoms with Crippen LogP contribution in [0.25, 0.3) is 0 Å². The van der Waals surface area contributed by atoms with Crippen LogP contribution in [-0.4, -0.2) is 0 Å². The summed E-state index contributed by atoms with van der Waals surface area (Å²) in [6.07, 6.45) is 7.33. The molecule has 0 unspecified atom stereocenters. The molecule has 1 aliphatic rings. The van der Waals surface area contributed by atoms with E-state index in [4.69, 9.17) is 5.26 Å². The van der Waals surface area contributed by atoms with E-state index < -0.39 is 0 Å². The lowest BCUT2D eigenvalue weighted by molar-refractivity contribution is 0.443. The summed E-state index contributed by atoms with van der Waals surface area (Å²) in [5.41, 5.74) is 2.61. The maximum absolute atomic E-state index is 8.67. The van der Waals surface area contributed by atoms with Gasteiger partial charge in [-0.05, 0) is 29.9 Å². The molecule has 0 heterocycles. The van der Waals surface area contributed by atoms with Crippen LogP contribution in [0.2, 0.25) is 0 Å². The second-order valence-corrected chi connectivity index (χ2v) is 4.41. The van der Waals surface area contributed by atoms with Crippen molar-refractivity contribution < 1.29 is 0 Å². The molecule has 0 bridgehead atoms. The van der Waals surface area contributed by atoms with Crippen molar-refractivity contribution in [2.45, 2.75) is 44.4 Å². The first-order valence-electron chi connectivity index (χ1n) is 5.86. The molecule has 0 aliphatic heterocycles. The molecule has 1 heteroatoms. The maximum atomic E-state index is 8.67. The topological polar surface area (TPSA) is 23.8 Å². The molecule has 0 radical (unpaired) electrons. The van der Waals surface area contributed by atoms with Gasteiger partial charge in [0.25, 0.3) is 0 Å². The molecule has 1 nitrogen and oxygen atoms in total. The minimum absolute atomic E-state index is 0.542. The number of hydrogen-bond acceptors (Lipinski definition) is 1. The number of nitrogens with zero attached hydrogens (tertiary/aromatic N) is 1. The first-order chi connectivity index (χ1) is 7.40. The van der Waals surface area contributed by atoms with E-state index in [-0.39, 0.29) is 0 Å². The monoisotopic (exact) mass is 199 g/mol. The molecule has 0 atom stereocenters. The van der Waals surface area contributed by atoms with Crippen molar-refractivity contribution in [1.82, 2.24) is 0 Å². The zero-order chi connectivity index (χ0) is 10.5. The Morgan fingerprint density at radius 1 is 1.20 bits per heavy atom. The number of benzene rings is 1. The Hall–Kier alpha value is -1.29. The van der Waals surface area contributed by atoms with Crippen molar-refractivity contribution in [3.8, 4) is 6.07 Å². The van der Waals surface area contributed by atoms with Gasteiger partial charge in [-0.1, -0.05) is 43.5 Å². The Labute approximate surface area is 91.7 Å². The molecule has 0 aromatic heterocycles. The van der Waals surface area contributed by atoms with Crippen molar-refractivity contribution in [1.29, 1.82) is 5.26 Å². The number of nitriles is 1. The van der Waals surface area contributed by atoms with Gasteiger partial charge < -0.3 is 0 Å². The molecule has 1 aromatic rings. The molecule has 1 saturated carbocycles. The van der Waals surface area contributed by atoms with Crippen molar-refractivity contribution in [3.05, 3.63) is 35.4 Å². The lowest BCUT2D eigenvalue weighted by Crippen LogP contribution is -2.04. The molecular formula is C14H17N. The fourth-order valence-electron chi connectivity index (χ4n) is 2.48. The van der Waals surface area contributed by atoms with E-state index >= 15 is 0 Å². The SMILES string of the molecule is N#CCc1cccc(C2CCCCC2)c1. The first kappa shape index (κ1) is 10.2. The van der Waals surface area contributed by atoms with E-state index in [9.17, 15) is 0 Å². The summed E-state index contributed by atoms with van der Waals surface area (Å²) in [6, 6.07) is 10.8. The predicted molar refractivity (Wildman–Crippen MR) is 61.6 cm³/mol. The maximum Gasteiger partial charge on any atom is 0.0669 e. The van der Waals surface area contributed by atoms with E-state index in [2.05, 4.69) is 30.3 Å². The van der Waals surface area contributed by atoms with E-state index in [0.717, 1.165) is 5.92 Å². The van der Waals surface area contributed by atoms with Gasteiger partial charge in [0.2, 0.25) is 0 Å². The van der Waals surface area contributed by atoms with Crippen LogP contribution in [0.1, 0.15) is 49.1 Å². The minimum Gasteiger partial charge on any atom is -0.198 e. The summed E-state index contributed by atoms with van der Waals surface area (Å²) in [7, 11) is 0. The van der Waals surface area contributed by atoms with Crippen LogP contribution in [0.5, 0.6) is 0 Å². The van der Waals surface area contributed by atoms with Gasteiger partial charge in [-0.15, -0.1) is 0 Å². The van der Waals surface area contributed by atoms with Crippen molar-refractivity contribution in [3.63, 3.8) is 0 Å². The molecular weight excluding hydrogens is 182 g/mol. The average molecular weight is 199 g/mol. The highest BCUT2D eigenvalue weighted by Crippen LogP contribution is 2.32. The Morgan fingerprint density at radius 3 is 2.73 bits per heavy atom. The van der Waals surface area contributed by atoms with Crippen LogP contribution < -0.4 is 0 Å². The van der Waals surface area contributed by atoms with Gasteiger partial charge in [-0.2, -0.15) is 5.26 Å². The Bertz CT molecular complexity index is 356. The summed E-state index contributed by atoms with van der Waals surface area (Å²) in [5.74, 6) is 0.748. The van der Waals surface area contributed by atoms with E-state index in [1.807, 2.05) is 0 Å². The number of hydrogen-bond donors (Lipinski definition) is 0. The van der Waals surface area contributed by atoms with E-state index in [1.54, 1.807) is 0 Å². The first-order valence-corrected chi connectivity index (χ1v) is 5.86. The lowest BCUT2D eigenvalue weighted by Gasteiger charge is -2.22. The summed E-state index contributed by atoms with van der Waals surface area (Å²) < 4.78 is 0. The average Bonchev–Trinajstić information content (AvgIpc) is 2.31. The van der Waals surface area contributed by atoms with Crippen LogP contribution in [-0.2, 0) is 6.42 Å². The molecule has 15 heavy (non-hydrogen) atoms. The van der Waals surface area contributed by atoms with E-state index in [1.165, 1.54) is 43.2 Å². The number of rotatable bonds is 2. The summed E-state index contributed by atoms with van der Waals surface area (Å²) in [6.45, 7) is 0. The summed E-state index contributed by atoms with van der Waals surface area (Å²) >= 11 is 0. The smallest absolute Gasteiger partial charge is 0.0669 e. The van der Waals surface area contributed by atoms with Crippen LogP contribution >= 0.6 is 0 Å². The molecule has 78 valence electrons. The van der Waals surface area contributed by atoms with Gasteiger partial charge >= 0.3 is 0 Å². The lowest BCUT2D eigenvalue weighted by atomic mass is 9.83. The quantitative estimate of drug-likeness (QED) is 0.710. The second kappa shape index (κ2) is 4.98. The normalized spacial score (nSPS) is 17.3. The van der Waals surface area contributed by atoms with Gasteiger partial charge in [-0.3, -0.25) is 0 Å². The van der Waals surface area contributed by atoms with Gasteiger partial charge in [-0.25, -0.2) is 0 Å². The molecule has 1 aromatic carbocycles. The fourth-order valence-corrected chi connectivity index (χ4v) is 2.48. The molecule has 1 aliphatic carbocycles. The third kappa shape index (κ3) is 2.59. The van der Waals surface area contributed by atoms with Gasteiger partial charge in [0.1, 0.15) is 0 Å². The van der Waals surface area contributed by atoms with Gasteiger partial charge in [0, 0.05) is 0 Å². The van der Waals surface area contributed by atoms with Crippen LogP contribution in [0.15, 0.2) is 24.3 Å². The predicted octanol–water partition coefficient (Wildman–Crippen LogP) is 3.80. The zero-order valence-electron chi connectivity index (χ0n) is 9.08. The van der Waals surface area contributed by atoms with Crippen molar-refractivity contribution in [2.24, 2.45) is 0 Å². The largest absolute Gasteiger partial charge is 0.198 e. The molecule has 1 fully saturated rings. The minimum atomic E-state index is 0.542. The Morgan fingerprint density at radius 2 is 2.00 bits per heavy atom. The zero-order valence-corrected chi connectivity index (χ0v) is 9.08. The van der Waals surface area contributed by atoms with Crippen LogP contribution in [0.3, 0.4) is 0 Å². The van der Waals surface area contributed by atoms with Crippen molar-refractivity contribution >= 4 is 0 Å². The summed E-state index contributed by atoms with van der Waals surface area (Å²) in [4.78, 5) is 0. The Kier molecular flexibility index (Phi) is 3.40. The van der Waals surface area contributed by atoms with Gasteiger partial charge in [0.05, 0.1) is 12.5 Å². The molecule has 2 rings (SSSR count). The molecule has 0 N–H and O–H groups in total. The highest BCUT2D eigenvalue weighted by Gasteiger charge is 2.15. The molecule has 0 spiro atoms. The summed E-state index contributed by atoms with van der Waals surface area (Å²) in [5, 5.41) is 8.67. The third-order valence-electron chi connectivity index (χ3n) is 3.31. The fraction of sp³-hybridized carbons (Fsp3) is 0.500. The second-order valence-electron chi connectivity index (χ2n) is 4.41. The molecule has 0 amide bonds. The van der Waals surface area contributed by atoms with Crippen LogP contribution in [0, 0.1) is 11.3 Å². The van der Waals surface area contributed by atoms with E-state index in [0.29, 0.717) is 6.42 Å².